The SMILES string of the molecule is FC(F)(F)c1cc(B(c2cc(C(F)(F)F)cc(C(F)(F)F)c2)c2cc(C(F)(F)F)ccc2C(F)(F)F)cc(C(F)(F)F)c1. The average molecular weight is 650 g/mol. The van der Waals surface area contributed by atoms with Gasteiger partial charge in [-0.2, -0.15) is 79.0 Å². The topological polar surface area (TPSA) is 0 Å². The second-order valence-corrected chi connectivity index (χ2v) is 8.91. The first-order valence-corrected chi connectivity index (χ1v) is 11.0. The summed E-state index contributed by atoms with van der Waals surface area (Å²) in [4.78, 5) is 0. The van der Waals surface area contributed by atoms with Crippen LogP contribution in [0.4, 0.5) is 79.0 Å². The van der Waals surface area contributed by atoms with E-state index in [0.29, 0.717) is 0 Å². The monoisotopic (exact) mass is 650 g/mol. The predicted molar refractivity (Wildman–Crippen MR) is 114 cm³/mol. The lowest BCUT2D eigenvalue weighted by Crippen LogP contribution is -2.55. The van der Waals surface area contributed by atoms with Crippen LogP contribution >= 0.6 is 0 Å². The molecule has 0 amide bonds. The first kappa shape index (κ1) is 34.0. The van der Waals surface area contributed by atoms with Gasteiger partial charge in [-0.3, -0.25) is 0 Å². The quantitative estimate of drug-likeness (QED) is 0.198. The van der Waals surface area contributed by atoms with E-state index in [1.165, 1.54) is 0 Å². The zero-order chi connectivity index (χ0) is 33.1. The second-order valence-electron chi connectivity index (χ2n) is 8.91. The van der Waals surface area contributed by atoms with Crippen LogP contribution in [0.25, 0.3) is 0 Å². The summed E-state index contributed by atoms with van der Waals surface area (Å²) in [7, 11) is 0. The van der Waals surface area contributed by atoms with Crippen molar-refractivity contribution >= 4 is 23.1 Å². The molecule has 234 valence electrons. The lowest BCUT2D eigenvalue weighted by Gasteiger charge is -2.25. The molecule has 0 saturated carbocycles. The summed E-state index contributed by atoms with van der Waals surface area (Å²) >= 11 is 0. The Morgan fingerprint density at radius 3 is 0.884 bits per heavy atom. The van der Waals surface area contributed by atoms with Gasteiger partial charge in [0.1, 0.15) is 0 Å². The highest BCUT2D eigenvalue weighted by molar-refractivity contribution is 6.95. The fourth-order valence-electron chi connectivity index (χ4n) is 4.08. The number of alkyl halides is 18. The zero-order valence-corrected chi connectivity index (χ0v) is 20.1. The van der Waals surface area contributed by atoms with Crippen LogP contribution in [0.5, 0.6) is 0 Å². The molecule has 0 aromatic heterocycles. The molecule has 0 radical (unpaired) electrons. The molecular formula is C24H9BF18. The lowest BCUT2D eigenvalue weighted by atomic mass is 9.35. The molecule has 0 aliphatic carbocycles. The van der Waals surface area contributed by atoms with Crippen LogP contribution in [0.1, 0.15) is 33.4 Å². The molecule has 3 aromatic rings. The molecule has 0 heterocycles. The molecule has 0 aliphatic rings. The van der Waals surface area contributed by atoms with Gasteiger partial charge < -0.3 is 0 Å². The van der Waals surface area contributed by atoms with E-state index in [9.17, 15) is 79.0 Å². The minimum atomic E-state index is -5.75. The highest BCUT2D eigenvalue weighted by atomic mass is 19.4. The minimum Gasteiger partial charge on any atom is -0.166 e. The Labute approximate surface area is 228 Å². The maximum atomic E-state index is 13.9. The Bertz CT molecular complexity index is 1340. The van der Waals surface area contributed by atoms with Crippen molar-refractivity contribution in [3.8, 4) is 0 Å². The van der Waals surface area contributed by atoms with Gasteiger partial charge in [0.15, 0.2) is 0 Å². The summed E-state index contributed by atoms with van der Waals surface area (Å²) in [5.74, 6) is 0. The molecule has 19 heteroatoms. The van der Waals surface area contributed by atoms with E-state index in [4.69, 9.17) is 0 Å². The van der Waals surface area contributed by atoms with Crippen molar-refractivity contribution in [1.82, 2.24) is 0 Å². The van der Waals surface area contributed by atoms with E-state index in [0.717, 1.165) is 0 Å². The highest BCUT2D eigenvalue weighted by Crippen LogP contribution is 2.38. The third-order valence-corrected chi connectivity index (χ3v) is 5.88. The molecule has 0 nitrogen and oxygen atoms in total. The molecule has 0 aliphatic heterocycles. The molecule has 3 aromatic carbocycles. The summed E-state index contributed by atoms with van der Waals surface area (Å²) in [5.41, 5.74) is -18.4. The van der Waals surface area contributed by atoms with Crippen molar-refractivity contribution in [2.45, 2.75) is 37.1 Å². The van der Waals surface area contributed by atoms with E-state index >= 15 is 0 Å². The standard InChI is InChI=1S/C24H9BF18/c26-19(27,28)10-1-2-17(24(41,42)43)18(9-10)25(15-5-11(20(29,30)31)3-12(6-15)21(32,33)34)16-7-13(22(35,36)37)4-14(8-16)23(38,39)40/h1-9H. The highest BCUT2D eigenvalue weighted by Gasteiger charge is 2.44. The predicted octanol–water partition coefficient (Wildman–Crippen LogP) is 8.32. The van der Waals surface area contributed by atoms with Crippen LogP contribution in [0, 0.1) is 0 Å². The van der Waals surface area contributed by atoms with Crippen LogP contribution in [0.2, 0.25) is 0 Å². The van der Waals surface area contributed by atoms with Crippen molar-refractivity contribution in [3.63, 3.8) is 0 Å². The van der Waals surface area contributed by atoms with Gasteiger partial charge in [0, 0.05) is 0 Å². The maximum absolute atomic E-state index is 13.9. The number of hydrogen-bond donors (Lipinski definition) is 0. The molecule has 0 spiro atoms. The normalized spacial score (nSPS) is 13.8. The van der Waals surface area contributed by atoms with Gasteiger partial charge in [0.25, 0.3) is 0 Å². The van der Waals surface area contributed by atoms with E-state index < -0.39 is 112 Å². The van der Waals surface area contributed by atoms with Gasteiger partial charge in [0.05, 0.1) is 33.4 Å². The Kier molecular flexibility index (Phi) is 8.35. The van der Waals surface area contributed by atoms with Crippen LogP contribution in [-0.4, -0.2) is 6.71 Å². The van der Waals surface area contributed by atoms with Crippen molar-refractivity contribution < 1.29 is 79.0 Å². The van der Waals surface area contributed by atoms with Gasteiger partial charge in [-0.05, 0) is 24.3 Å². The van der Waals surface area contributed by atoms with Crippen LogP contribution in [-0.2, 0) is 37.1 Å². The van der Waals surface area contributed by atoms with E-state index in [1.54, 1.807) is 0 Å². The van der Waals surface area contributed by atoms with Crippen LogP contribution < -0.4 is 16.4 Å². The molecule has 43 heavy (non-hydrogen) atoms. The second kappa shape index (κ2) is 10.6. The number of hydrogen-bond acceptors (Lipinski definition) is 0. The Hall–Kier alpha value is -3.54. The Morgan fingerprint density at radius 1 is 0.326 bits per heavy atom. The summed E-state index contributed by atoms with van der Waals surface area (Å²) in [6.45, 7) is -3.11. The summed E-state index contributed by atoms with van der Waals surface area (Å²) in [6, 6.07) is -3.27. The van der Waals surface area contributed by atoms with Gasteiger partial charge in [-0.15, -0.1) is 0 Å². The lowest BCUT2D eigenvalue weighted by molar-refractivity contribution is -0.144. The van der Waals surface area contributed by atoms with Crippen molar-refractivity contribution in [2.75, 3.05) is 0 Å². The third-order valence-electron chi connectivity index (χ3n) is 5.88. The maximum Gasteiger partial charge on any atom is 0.416 e. The number of halogens is 18. The summed E-state index contributed by atoms with van der Waals surface area (Å²) < 4.78 is 245. The third kappa shape index (κ3) is 7.71. The average Bonchev–Trinajstić information content (AvgIpc) is 2.80. The number of benzene rings is 3. The van der Waals surface area contributed by atoms with Crippen molar-refractivity contribution in [3.05, 3.63) is 88.0 Å². The largest absolute Gasteiger partial charge is 0.416 e. The summed E-state index contributed by atoms with van der Waals surface area (Å²) in [6.07, 6.45) is -34.1. The number of rotatable bonds is 3. The fourth-order valence-corrected chi connectivity index (χ4v) is 4.08. The molecule has 0 fully saturated rings. The Morgan fingerprint density at radius 2 is 0.628 bits per heavy atom. The van der Waals surface area contributed by atoms with E-state index in [1.807, 2.05) is 0 Å². The van der Waals surface area contributed by atoms with Crippen LogP contribution in [0.15, 0.2) is 54.6 Å². The van der Waals surface area contributed by atoms with Crippen LogP contribution in [0.3, 0.4) is 0 Å². The molecule has 0 bridgehead atoms. The molecule has 0 atom stereocenters. The van der Waals surface area contributed by atoms with Gasteiger partial charge in [-0.25, -0.2) is 0 Å². The van der Waals surface area contributed by atoms with Gasteiger partial charge in [0.2, 0.25) is 6.71 Å². The molecule has 3 rings (SSSR count). The van der Waals surface area contributed by atoms with Gasteiger partial charge >= 0.3 is 37.1 Å². The first-order chi connectivity index (χ1) is 19.1. The minimum absolute atomic E-state index is 0.191. The fraction of sp³-hybridized carbons (Fsp3) is 0.250. The van der Waals surface area contributed by atoms with Gasteiger partial charge in [-0.1, -0.05) is 46.7 Å². The molecule has 0 saturated heterocycles. The molecule has 0 N–H and O–H groups in total. The van der Waals surface area contributed by atoms with Crippen molar-refractivity contribution in [2.24, 2.45) is 0 Å². The van der Waals surface area contributed by atoms with E-state index in [-0.39, 0.29) is 36.4 Å². The zero-order valence-electron chi connectivity index (χ0n) is 20.1. The van der Waals surface area contributed by atoms with Crippen molar-refractivity contribution in [1.29, 1.82) is 0 Å². The summed E-state index contributed by atoms with van der Waals surface area (Å²) in [5, 5.41) is 0. The smallest absolute Gasteiger partial charge is 0.166 e. The first-order valence-electron chi connectivity index (χ1n) is 11.0. The van der Waals surface area contributed by atoms with E-state index in [2.05, 4.69) is 0 Å². The molecular weight excluding hydrogens is 641 g/mol. The molecule has 0 unspecified atom stereocenters. The Balaban J connectivity index is 2.64.